The highest BCUT2D eigenvalue weighted by Crippen LogP contribution is 2.51. The van der Waals surface area contributed by atoms with Crippen LogP contribution in [0.25, 0.3) is 0 Å². The van der Waals surface area contributed by atoms with Crippen LogP contribution < -0.4 is 16.4 Å². The normalized spacial score (nSPS) is 31.7. The molecule has 41 heavy (non-hydrogen) atoms. The van der Waals surface area contributed by atoms with Crippen LogP contribution in [-0.4, -0.2) is 119 Å². The predicted octanol–water partition coefficient (Wildman–Crippen LogP) is -2.44. The van der Waals surface area contributed by atoms with Gasteiger partial charge in [-0.2, -0.15) is 0 Å². The number of aromatic nitrogens is 4. The van der Waals surface area contributed by atoms with Crippen molar-refractivity contribution in [1.82, 2.24) is 40.6 Å². The SMILES string of the molecule is C[C@@H](NC(=O)Cn1cnnn1)[C@H]1C(=O)N2C(C(=O)O)=C(S[C@@H]3CN[C@H](C(=O)N4CC(CC(=N)N)[C@H](O)C4)C3)[C@H](C)[C@H]12. The van der Waals surface area contributed by atoms with Gasteiger partial charge >= 0.3 is 5.97 Å². The maximum absolute atomic E-state index is 13.2. The van der Waals surface area contributed by atoms with Crippen LogP contribution in [0, 0.1) is 23.2 Å². The van der Waals surface area contributed by atoms with E-state index in [1.807, 2.05) is 6.92 Å². The number of thioether (sulfide) groups is 1. The van der Waals surface area contributed by atoms with E-state index in [1.165, 1.54) is 27.7 Å². The highest BCUT2D eigenvalue weighted by atomic mass is 32.2. The zero-order valence-corrected chi connectivity index (χ0v) is 23.5. The molecule has 7 N–H and O–H groups in total. The molecule has 16 nitrogen and oxygen atoms in total. The Morgan fingerprint density at radius 1 is 1.34 bits per heavy atom. The average Bonchev–Trinajstić information content (AvgIpc) is 3.68. The number of carbonyl (C=O) groups is 4. The molecule has 0 saturated carbocycles. The zero-order valence-electron chi connectivity index (χ0n) is 22.6. The molecule has 0 spiro atoms. The quantitative estimate of drug-likeness (QED) is 0.0948. The Morgan fingerprint density at radius 2 is 2.10 bits per heavy atom. The Morgan fingerprint density at radius 3 is 2.76 bits per heavy atom. The van der Waals surface area contributed by atoms with E-state index in [0.717, 1.165) is 0 Å². The second-order valence-corrected chi connectivity index (χ2v) is 12.5. The Kier molecular flexibility index (Phi) is 8.02. The van der Waals surface area contributed by atoms with Crippen molar-refractivity contribution in [3.63, 3.8) is 0 Å². The van der Waals surface area contributed by atoms with E-state index in [0.29, 0.717) is 24.4 Å². The van der Waals surface area contributed by atoms with E-state index in [9.17, 15) is 29.4 Å². The predicted molar refractivity (Wildman–Crippen MR) is 144 cm³/mol. The summed E-state index contributed by atoms with van der Waals surface area (Å²) in [4.78, 5) is 54.6. The Labute approximate surface area is 239 Å². The van der Waals surface area contributed by atoms with Crippen molar-refractivity contribution in [3.8, 4) is 0 Å². The first-order valence-electron chi connectivity index (χ1n) is 13.5. The van der Waals surface area contributed by atoms with Crippen LogP contribution in [0.4, 0.5) is 0 Å². The molecule has 1 aromatic rings. The van der Waals surface area contributed by atoms with Crippen molar-refractivity contribution >= 4 is 41.3 Å². The summed E-state index contributed by atoms with van der Waals surface area (Å²) in [7, 11) is 0. The molecule has 3 fully saturated rings. The summed E-state index contributed by atoms with van der Waals surface area (Å²) in [5, 5.41) is 44.4. The highest BCUT2D eigenvalue weighted by molar-refractivity contribution is 8.03. The van der Waals surface area contributed by atoms with E-state index >= 15 is 0 Å². The van der Waals surface area contributed by atoms with Gasteiger partial charge in [0.2, 0.25) is 17.7 Å². The summed E-state index contributed by atoms with van der Waals surface area (Å²) in [6.45, 7) is 4.49. The van der Waals surface area contributed by atoms with Gasteiger partial charge in [0.15, 0.2) is 0 Å². The summed E-state index contributed by atoms with van der Waals surface area (Å²) in [6.07, 6.45) is 1.26. The number of tetrazole rings is 1. The third kappa shape index (κ3) is 5.52. The molecule has 222 valence electrons. The topological polar surface area (TPSA) is 233 Å². The van der Waals surface area contributed by atoms with Gasteiger partial charge in [-0.3, -0.25) is 19.8 Å². The molecule has 4 aliphatic heterocycles. The maximum Gasteiger partial charge on any atom is 0.353 e. The number of aliphatic hydroxyl groups excluding tert-OH is 1. The second-order valence-electron chi connectivity index (χ2n) is 11.1. The molecule has 3 saturated heterocycles. The van der Waals surface area contributed by atoms with Gasteiger partial charge in [-0.15, -0.1) is 16.9 Å². The van der Waals surface area contributed by atoms with Crippen LogP contribution in [0.5, 0.6) is 0 Å². The molecule has 0 aliphatic carbocycles. The minimum Gasteiger partial charge on any atom is -0.477 e. The fourth-order valence-corrected chi connectivity index (χ4v) is 7.86. The Hall–Kier alpha value is -3.57. The molecule has 8 atom stereocenters. The number of amidine groups is 1. The van der Waals surface area contributed by atoms with Crippen molar-refractivity contribution in [1.29, 1.82) is 5.41 Å². The molecule has 1 unspecified atom stereocenters. The van der Waals surface area contributed by atoms with Gasteiger partial charge in [-0.25, -0.2) is 9.48 Å². The van der Waals surface area contributed by atoms with E-state index in [2.05, 4.69) is 26.2 Å². The van der Waals surface area contributed by atoms with Crippen LogP contribution in [-0.2, 0) is 25.7 Å². The van der Waals surface area contributed by atoms with Crippen molar-refractivity contribution in [2.75, 3.05) is 19.6 Å². The number of carbonyl (C=O) groups excluding carboxylic acids is 3. The molecule has 0 radical (unpaired) electrons. The van der Waals surface area contributed by atoms with Crippen molar-refractivity contribution < 1.29 is 29.4 Å². The third-order valence-electron chi connectivity index (χ3n) is 8.30. The van der Waals surface area contributed by atoms with Crippen LogP contribution in [0.2, 0.25) is 0 Å². The minimum atomic E-state index is -1.19. The lowest BCUT2D eigenvalue weighted by molar-refractivity contribution is -0.158. The van der Waals surface area contributed by atoms with Crippen molar-refractivity contribution in [3.05, 3.63) is 16.9 Å². The highest BCUT2D eigenvalue weighted by Gasteiger charge is 2.60. The molecule has 17 heteroatoms. The molecule has 5 rings (SSSR count). The lowest BCUT2D eigenvalue weighted by atomic mass is 9.78. The number of hydrogen-bond donors (Lipinski definition) is 6. The van der Waals surface area contributed by atoms with Crippen LogP contribution in [0.1, 0.15) is 26.7 Å². The first-order chi connectivity index (χ1) is 19.5. The summed E-state index contributed by atoms with van der Waals surface area (Å²) in [5.74, 6) is -3.21. The number of β-lactam (4-membered cyclic amide) rings is 1. The first kappa shape index (κ1) is 28.9. The number of fused-ring (bicyclic) bond motifs is 1. The van der Waals surface area contributed by atoms with Gasteiger partial charge in [0, 0.05) is 54.1 Å². The number of carboxylic acids is 1. The van der Waals surface area contributed by atoms with Gasteiger partial charge in [0.1, 0.15) is 18.6 Å². The lowest BCUT2D eigenvalue weighted by Crippen LogP contribution is -2.66. The fraction of sp³-hybridized carbons (Fsp3) is 0.667. The minimum absolute atomic E-state index is 0.0291. The van der Waals surface area contributed by atoms with Crippen molar-refractivity contribution in [2.45, 2.75) is 62.7 Å². The van der Waals surface area contributed by atoms with Gasteiger partial charge < -0.3 is 36.4 Å². The van der Waals surface area contributed by atoms with E-state index in [1.54, 1.807) is 11.8 Å². The molecule has 1 aromatic heterocycles. The van der Waals surface area contributed by atoms with Gasteiger partial charge in [0.25, 0.3) is 0 Å². The molecule has 0 aromatic carbocycles. The number of rotatable bonds is 10. The molecule has 0 bridgehead atoms. The van der Waals surface area contributed by atoms with E-state index < -0.39 is 36.1 Å². The summed E-state index contributed by atoms with van der Waals surface area (Å²) in [6, 6.07) is -1.42. The van der Waals surface area contributed by atoms with E-state index in [-0.39, 0.29) is 65.9 Å². The van der Waals surface area contributed by atoms with Crippen LogP contribution in [0.3, 0.4) is 0 Å². The number of β-amino-alcohol motifs (C(OH)–C–C–N with tert-alkyl or cyclic N) is 1. The smallest absolute Gasteiger partial charge is 0.353 e. The molecular formula is C24H34N10O6S. The Balaban J connectivity index is 1.21. The number of likely N-dealkylation sites (tertiary alicyclic amines) is 1. The lowest BCUT2D eigenvalue weighted by Gasteiger charge is -2.47. The van der Waals surface area contributed by atoms with E-state index in [4.69, 9.17) is 11.1 Å². The van der Waals surface area contributed by atoms with Crippen molar-refractivity contribution in [2.24, 2.45) is 23.5 Å². The molecule has 4 aliphatic rings. The fourth-order valence-electron chi connectivity index (χ4n) is 6.38. The number of amides is 3. The number of aliphatic carboxylic acids is 1. The van der Waals surface area contributed by atoms with Gasteiger partial charge in [0.05, 0.1) is 29.9 Å². The largest absolute Gasteiger partial charge is 0.477 e. The van der Waals surface area contributed by atoms with Gasteiger partial charge in [-0.1, -0.05) is 6.92 Å². The molecule has 3 amide bonds. The number of nitrogens with two attached hydrogens (primary N) is 1. The first-order valence-corrected chi connectivity index (χ1v) is 14.3. The zero-order chi connectivity index (χ0) is 29.6. The second kappa shape index (κ2) is 11.4. The molecule has 5 heterocycles. The summed E-state index contributed by atoms with van der Waals surface area (Å²) >= 11 is 1.38. The number of nitrogens with one attached hydrogen (secondary N) is 3. The monoisotopic (exact) mass is 590 g/mol. The number of nitrogens with zero attached hydrogens (tertiary/aromatic N) is 6. The summed E-state index contributed by atoms with van der Waals surface area (Å²) < 4.78 is 1.26. The average molecular weight is 591 g/mol. The number of hydrogen-bond acceptors (Lipinski definition) is 11. The molecular weight excluding hydrogens is 556 g/mol. The number of carboxylic acid groups (broad SMARTS) is 1. The summed E-state index contributed by atoms with van der Waals surface area (Å²) in [5.41, 5.74) is 5.44. The number of aliphatic hydroxyl groups is 1. The Bertz CT molecular complexity index is 1270. The standard InChI is InChI=1S/C24H34N10O6S/c1-10-19-18(11(2)29-17(36)8-33-9-28-30-31-33)23(38)34(19)20(24(39)40)21(10)41-13-4-14(27-5-13)22(37)32-6-12(3-16(25)26)15(35)7-32/h9-15,18-19,27,35H,3-8H2,1-2H3,(H3,25,26)(H,29,36)(H,39,40)/t10-,11-,12?,13+,14+,15-,18-,19-/m1/s1. The van der Waals surface area contributed by atoms with Gasteiger partial charge in [-0.05, 0) is 23.8 Å². The maximum atomic E-state index is 13.2. The van der Waals surface area contributed by atoms with Crippen LogP contribution in [0.15, 0.2) is 16.9 Å². The van der Waals surface area contributed by atoms with Crippen LogP contribution >= 0.6 is 11.8 Å². The third-order valence-corrected chi connectivity index (χ3v) is 9.81.